The van der Waals surface area contributed by atoms with Crippen molar-refractivity contribution in [1.82, 2.24) is 20.3 Å². The van der Waals surface area contributed by atoms with Crippen LogP contribution in [0.1, 0.15) is 6.42 Å². The van der Waals surface area contributed by atoms with Crippen LogP contribution in [0.3, 0.4) is 0 Å². The molecule has 110 valence electrons. The van der Waals surface area contributed by atoms with E-state index in [1.807, 2.05) is 12.1 Å². The molecule has 0 spiro atoms. The van der Waals surface area contributed by atoms with Crippen molar-refractivity contribution in [2.45, 2.75) is 6.42 Å². The standard InChI is InChI=1S/C14H16N4O3/c1-2-18-7-6-10(14(18)19)8-20-9-21-12-5-3-4-11-13(12)16-17-15-11/h2-5,10H,1,6-9H2,(H,15,16,17). The molecule has 1 aromatic carbocycles. The zero-order valence-electron chi connectivity index (χ0n) is 11.5. The molecule has 3 rings (SSSR count). The van der Waals surface area contributed by atoms with Gasteiger partial charge in [0.15, 0.2) is 18.1 Å². The number of aromatic nitrogens is 3. The maximum Gasteiger partial charge on any atom is 0.232 e. The van der Waals surface area contributed by atoms with Crippen molar-refractivity contribution in [2.24, 2.45) is 5.92 Å². The van der Waals surface area contributed by atoms with Gasteiger partial charge >= 0.3 is 0 Å². The molecule has 7 nitrogen and oxygen atoms in total. The van der Waals surface area contributed by atoms with E-state index in [-0.39, 0.29) is 18.6 Å². The Kier molecular flexibility index (Phi) is 3.83. The third kappa shape index (κ3) is 2.73. The molecule has 1 atom stereocenters. The van der Waals surface area contributed by atoms with Crippen molar-refractivity contribution in [1.29, 1.82) is 0 Å². The second-order valence-corrected chi connectivity index (χ2v) is 4.78. The van der Waals surface area contributed by atoms with Gasteiger partial charge in [0.2, 0.25) is 5.91 Å². The molecule has 0 aliphatic carbocycles. The van der Waals surface area contributed by atoms with Crippen LogP contribution in [-0.2, 0) is 9.53 Å². The summed E-state index contributed by atoms with van der Waals surface area (Å²) in [6.45, 7) is 4.73. The normalized spacial score (nSPS) is 18.4. The summed E-state index contributed by atoms with van der Waals surface area (Å²) in [5, 5.41) is 10.6. The second kappa shape index (κ2) is 5.92. The number of fused-ring (bicyclic) bond motifs is 1. The number of hydrogen-bond donors (Lipinski definition) is 1. The first-order valence-corrected chi connectivity index (χ1v) is 6.72. The van der Waals surface area contributed by atoms with Gasteiger partial charge in [0.1, 0.15) is 5.52 Å². The summed E-state index contributed by atoms with van der Waals surface area (Å²) in [7, 11) is 0. The Labute approximate surface area is 121 Å². The Bertz CT molecular complexity index is 654. The average Bonchev–Trinajstić information content (AvgIpc) is 3.11. The summed E-state index contributed by atoms with van der Waals surface area (Å²) in [4.78, 5) is 13.5. The lowest BCUT2D eigenvalue weighted by Gasteiger charge is -2.12. The van der Waals surface area contributed by atoms with Crippen molar-refractivity contribution >= 4 is 16.9 Å². The molecule has 0 saturated carbocycles. The smallest absolute Gasteiger partial charge is 0.232 e. The van der Waals surface area contributed by atoms with Gasteiger partial charge in [-0.15, -0.1) is 0 Å². The monoisotopic (exact) mass is 288 g/mol. The number of rotatable bonds is 6. The Morgan fingerprint density at radius 2 is 2.38 bits per heavy atom. The number of aromatic amines is 1. The molecule has 0 radical (unpaired) electrons. The first-order valence-electron chi connectivity index (χ1n) is 6.72. The fourth-order valence-electron chi connectivity index (χ4n) is 2.35. The zero-order valence-corrected chi connectivity index (χ0v) is 11.5. The van der Waals surface area contributed by atoms with E-state index < -0.39 is 0 Å². The summed E-state index contributed by atoms with van der Waals surface area (Å²) >= 11 is 0. The summed E-state index contributed by atoms with van der Waals surface area (Å²) < 4.78 is 11.0. The lowest BCUT2D eigenvalue weighted by Crippen LogP contribution is -2.24. The first-order chi connectivity index (χ1) is 10.3. The van der Waals surface area contributed by atoms with Crippen LogP contribution in [0.25, 0.3) is 11.0 Å². The molecular weight excluding hydrogens is 272 g/mol. The number of hydrogen-bond acceptors (Lipinski definition) is 5. The summed E-state index contributed by atoms with van der Waals surface area (Å²) in [5.74, 6) is 0.546. The predicted molar refractivity (Wildman–Crippen MR) is 75.4 cm³/mol. The second-order valence-electron chi connectivity index (χ2n) is 4.78. The largest absolute Gasteiger partial charge is 0.465 e. The molecule has 21 heavy (non-hydrogen) atoms. The van der Waals surface area contributed by atoms with Gasteiger partial charge in [-0.25, -0.2) is 0 Å². The highest BCUT2D eigenvalue weighted by Crippen LogP contribution is 2.22. The molecule has 0 bridgehead atoms. The molecule has 2 heterocycles. The Morgan fingerprint density at radius 3 is 3.19 bits per heavy atom. The van der Waals surface area contributed by atoms with Gasteiger partial charge in [0.05, 0.1) is 12.5 Å². The lowest BCUT2D eigenvalue weighted by atomic mass is 10.1. The predicted octanol–water partition coefficient (Wildman–Crippen LogP) is 1.30. The van der Waals surface area contributed by atoms with Crippen molar-refractivity contribution in [3.63, 3.8) is 0 Å². The Hall–Kier alpha value is -2.41. The van der Waals surface area contributed by atoms with Gasteiger partial charge < -0.3 is 14.4 Å². The molecule has 1 aromatic heterocycles. The van der Waals surface area contributed by atoms with Gasteiger partial charge in [-0.3, -0.25) is 4.79 Å². The quantitative estimate of drug-likeness (QED) is 0.640. The SMILES string of the molecule is C=CN1CCC(COCOc2cccc3n[nH]nc23)C1=O. The molecule has 1 fully saturated rings. The molecule has 1 N–H and O–H groups in total. The summed E-state index contributed by atoms with van der Waals surface area (Å²) in [6, 6.07) is 5.48. The van der Waals surface area contributed by atoms with Crippen LogP contribution in [0.2, 0.25) is 0 Å². The van der Waals surface area contributed by atoms with Crippen molar-refractivity contribution < 1.29 is 14.3 Å². The highest BCUT2D eigenvalue weighted by molar-refractivity contribution is 5.82. The van der Waals surface area contributed by atoms with Crippen LogP contribution in [-0.4, -0.2) is 46.2 Å². The third-order valence-electron chi connectivity index (χ3n) is 3.50. The number of para-hydroxylation sites is 1. The van der Waals surface area contributed by atoms with Gasteiger partial charge in [-0.1, -0.05) is 12.6 Å². The fraction of sp³-hybridized carbons (Fsp3) is 0.357. The molecule has 1 saturated heterocycles. The minimum absolute atomic E-state index is 0.0589. The van der Waals surface area contributed by atoms with Crippen LogP contribution in [0.15, 0.2) is 31.0 Å². The van der Waals surface area contributed by atoms with Gasteiger partial charge in [-0.2, -0.15) is 15.4 Å². The van der Waals surface area contributed by atoms with E-state index in [0.29, 0.717) is 24.4 Å². The van der Waals surface area contributed by atoms with Crippen LogP contribution < -0.4 is 4.74 Å². The number of ether oxygens (including phenoxy) is 2. The number of amides is 1. The molecule has 1 aliphatic rings. The van der Waals surface area contributed by atoms with Crippen molar-refractivity contribution in [3.8, 4) is 5.75 Å². The highest BCUT2D eigenvalue weighted by atomic mass is 16.7. The maximum absolute atomic E-state index is 11.9. The van der Waals surface area contributed by atoms with E-state index in [1.165, 1.54) is 0 Å². The maximum atomic E-state index is 11.9. The van der Waals surface area contributed by atoms with Gasteiger partial charge in [0.25, 0.3) is 0 Å². The van der Waals surface area contributed by atoms with Crippen molar-refractivity contribution in [3.05, 3.63) is 31.0 Å². The topological polar surface area (TPSA) is 80.3 Å². The lowest BCUT2D eigenvalue weighted by molar-refractivity contribution is -0.131. The van der Waals surface area contributed by atoms with Crippen LogP contribution in [0.5, 0.6) is 5.75 Å². The molecule has 1 aliphatic heterocycles. The molecule has 7 heteroatoms. The van der Waals surface area contributed by atoms with E-state index in [2.05, 4.69) is 22.0 Å². The first kappa shape index (κ1) is 13.6. The van der Waals surface area contributed by atoms with Crippen LogP contribution in [0.4, 0.5) is 0 Å². The average molecular weight is 288 g/mol. The Balaban J connectivity index is 1.50. The number of likely N-dealkylation sites (tertiary alicyclic amines) is 1. The number of benzene rings is 1. The number of H-pyrrole nitrogens is 1. The van der Waals surface area contributed by atoms with E-state index >= 15 is 0 Å². The highest BCUT2D eigenvalue weighted by Gasteiger charge is 2.30. The van der Waals surface area contributed by atoms with Crippen molar-refractivity contribution in [2.75, 3.05) is 19.9 Å². The van der Waals surface area contributed by atoms with Gasteiger partial charge in [-0.05, 0) is 24.8 Å². The fourth-order valence-corrected chi connectivity index (χ4v) is 2.35. The minimum Gasteiger partial charge on any atom is -0.465 e. The van der Waals surface area contributed by atoms with Crippen LogP contribution >= 0.6 is 0 Å². The minimum atomic E-state index is -0.116. The van der Waals surface area contributed by atoms with Gasteiger partial charge in [0, 0.05) is 6.54 Å². The molecular formula is C14H16N4O3. The zero-order chi connectivity index (χ0) is 14.7. The number of carbonyl (C=O) groups is 1. The van der Waals surface area contributed by atoms with E-state index in [4.69, 9.17) is 9.47 Å². The van der Waals surface area contributed by atoms with E-state index in [9.17, 15) is 4.79 Å². The number of nitrogens with one attached hydrogen (secondary N) is 1. The molecule has 2 aromatic rings. The van der Waals surface area contributed by atoms with Crippen LogP contribution in [0, 0.1) is 5.92 Å². The number of nitrogens with zero attached hydrogens (tertiary/aromatic N) is 3. The summed E-state index contributed by atoms with van der Waals surface area (Å²) in [6.07, 6.45) is 2.34. The molecule has 1 unspecified atom stereocenters. The summed E-state index contributed by atoms with van der Waals surface area (Å²) in [5.41, 5.74) is 1.40. The Morgan fingerprint density at radius 1 is 1.48 bits per heavy atom. The number of carbonyl (C=O) groups excluding carboxylic acids is 1. The van der Waals surface area contributed by atoms with E-state index in [1.54, 1.807) is 17.2 Å². The molecule has 1 amide bonds. The third-order valence-corrected chi connectivity index (χ3v) is 3.50. The van der Waals surface area contributed by atoms with E-state index in [0.717, 1.165) is 11.9 Å².